The molecule has 19 heavy (non-hydrogen) atoms. The maximum atomic E-state index is 5.54. The lowest BCUT2D eigenvalue weighted by atomic mass is 9.99. The molecular weight excluding hydrogens is 304 g/mol. The average Bonchev–Trinajstić information content (AvgIpc) is 2.86. The summed E-state index contributed by atoms with van der Waals surface area (Å²) in [7, 11) is 0. The maximum Gasteiger partial charge on any atom is 0.108 e. The Kier molecular flexibility index (Phi) is 5.16. The number of halogens is 1. The van der Waals surface area contributed by atoms with Crippen LogP contribution in [0.5, 0.6) is 0 Å². The Morgan fingerprint density at radius 3 is 2.89 bits per heavy atom. The molecule has 2 rings (SSSR count). The van der Waals surface area contributed by atoms with Crippen LogP contribution in [-0.2, 0) is 12.8 Å². The number of aromatic nitrogens is 1. The molecule has 3 nitrogen and oxygen atoms in total. The highest BCUT2D eigenvalue weighted by Crippen LogP contribution is 2.24. The third-order valence-electron chi connectivity index (χ3n) is 3.13. The van der Waals surface area contributed by atoms with Crippen LogP contribution in [0.25, 0.3) is 0 Å². The van der Waals surface area contributed by atoms with E-state index >= 15 is 0 Å². The second-order valence-corrected chi connectivity index (χ2v) is 5.39. The fraction of sp³-hybridized carbons (Fsp3) is 0.400. The first kappa shape index (κ1) is 14.3. The zero-order valence-electron chi connectivity index (χ0n) is 11.3. The summed E-state index contributed by atoms with van der Waals surface area (Å²) in [5.41, 5.74) is 2.47. The molecule has 0 aliphatic carbocycles. The number of hydrogen-bond acceptors (Lipinski definition) is 3. The van der Waals surface area contributed by atoms with Crippen molar-refractivity contribution in [2.75, 3.05) is 6.54 Å². The van der Waals surface area contributed by atoms with E-state index in [1.165, 1.54) is 11.1 Å². The number of nitrogens with one attached hydrogen (secondary N) is 1. The zero-order chi connectivity index (χ0) is 13.7. The Morgan fingerprint density at radius 1 is 1.37 bits per heavy atom. The molecule has 0 aliphatic heterocycles. The predicted octanol–water partition coefficient (Wildman–Crippen LogP) is 3.89. The smallest absolute Gasteiger partial charge is 0.108 e. The molecule has 0 aromatic carbocycles. The number of furan rings is 1. The van der Waals surface area contributed by atoms with Crippen LogP contribution in [-0.4, -0.2) is 11.5 Å². The molecule has 4 heteroatoms. The molecule has 0 amide bonds. The van der Waals surface area contributed by atoms with E-state index in [4.69, 9.17) is 4.42 Å². The number of hydrogen-bond donors (Lipinski definition) is 1. The number of rotatable bonds is 6. The molecule has 0 spiro atoms. The summed E-state index contributed by atoms with van der Waals surface area (Å²) in [6.45, 7) is 5.17. The largest absolute Gasteiger partial charge is 0.469 e. The van der Waals surface area contributed by atoms with Gasteiger partial charge in [-0.05, 0) is 46.6 Å². The van der Waals surface area contributed by atoms with Crippen molar-refractivity contribution in [2.45, 2.75) is 32.7 Å². The van der Waals surface area contributed by atoms with Crippen molar-refractivity contribution in [3.63, 3.8) is 0 Å². The molecule has 2 aromatic rings. The summed E-state index contributed by atoms with van der Waals surface area (Å²) in [5.74, 6) is 1.06. The van der Waals surface area contributed by atoms with Crippen molar-refractivity contribution >= 4 is 15.9 Å². The summed E-state index contributed by atoms with van der Waals surface area (Å²) >= 11 is 3.47. The highest BCUT2D eigenvalue weighted by molar-refractivity contribution is 9.10. The molecule has 1 unspecified atom stereocenters. The molecule has 1 N–H and O–H groups in total. The van der Waals surface area contributed by atoms with Crippen molar-refractivity contribution in [3.8, 4) is 0 Å². The van der Waals surface area contributed by atoms with E-state index in [0.29, 0.717) is 0 Å². The lowest BCUT2D eigenvalue weighted by molar-refractivity contribution is 0.487. The maximum absolute atomic E-state index is 5.54. The number of aryl methyl sites for hydroxylation is 1. The van der Waals surface area contributed by atoms with Gasteiger partial charge in [-0.15, -0.1) is 0 Å². The van der Waals surface area contributed by atoms with Crippen LogP contribution in [0.4, 0.5) is 0 Å². The third-order valence-corrected chi connectivity index (χ3v) is 3.56. The predicted molar refractivity (Wildman–Crippen MR) is 80.1 cm³/mol. The molecule has 2 heterocycles. The van der Waals surface area contributed by atoms with Crippen molar-refractivity contribution in [1.82, 2.24) is 10.3 Å². The second kappa shape index (κ2) is 6.87. The molecule has 0 bridgehead atoms. The van der Waals surface area contributed by atoms with Crippen molar-refractivity contribution in [1.29, 1.82) is 0 Å². The van der Waals surface area contributed by atoms with Crippen LogP contribution in [0.2, 0.25) is 0 Å². The first-order valence-corrected chi connectivity index (χ1v) is 7.43. The van der Waals surface area contributed by atoms with Crippen LogP contribution in [0.1, 0.15) is 36.8 Å². The van der Waals surface area contributed by atoms with Gasteiger partial charge in [-0.3, -0.25) is 4.98 Å². The van der Waals surface area contributed by atoms with Gasteiger partial charge < -0.3 is 9.73 Å². The van der Waals surface area contributed by atoms with Crippen LogP contribution in [0, 0.1) is 0 Å². The van der Waals surface area contributed by atoms with E-state index in [1.807, 2.05) is 6.20 Å². The van der Waals surface area contributed by atoms with Gasteiger partial charge in [0.05, 0.1) is 6.26 Å². The third kappa shape index (κ3) is 3.67. The van der Waals surface area contributed by atoms with Gasteiger partial charge >= 0.3 is 0 Å². The second-order valence-electron chi connectivity index (χ2n) is 4.48. The Bertz CT molecular complexity index is 524. The van der Waals surface area contributed by atoms with Crippen LogP contribution in [0.3, 0.4) is 0 Å². The van der Waals surface area contributed by atoms with Crippen molar-refractivity contribution in [3.05, 3.63) is 52.1 Å². The molecule has 2 aromatic heterocycles. The van der Waals surface area contributed by atoms with E-state index in [9.17, 15) is 0 Å². The monoisotopic (exact) mass is 322 g/mol. The molecule has 0 fully saturated rings. The van der Waals surface area contributed by atoms with Gasteiger partial charge in [-0.2, -0.15) is 0 Å². The normalized spacial score (nSPS) is 12.6. The van der Waals surface area contributed by atoms with Gasteiger partial charge in [0.1, 0.15) is 5.76 Å². The van der Waals surface area contributed by atoms with Gasteiger partial charge in [0.25, 0.3) is 0 Å². The minimum atomic E-state index is 0.273. The van der Waals surface area contributed by atoms with E-state index < -0.39 is 0 Å². The summed E-state index contributed by atoms with van der Waals surface area (Å²) < 4.78 is 6.55. The molecule has 1 atom stereocenters. The molecular formula is C15H19BrN2O. The fourth-order valence-electron chi connectivity index (χ4n) is 2.29. The van der Waals surface area contributed by atoms with Crippen molar-refractivity contribution in [2.24, 2.45) is 0 Å². The molecule has 0 radical (unpaired) electrons. The summed E-state index contributed by atoms with van der Waals surface area (Å²) in [6.07, 6.45) is 7.33. The minimum Gasteiger partial charge on any atom is -0.469 e. The molecule has 102 valence electrons. The van der Waals surface area contributed by atoms with Crippen LogP contribution in [0.15, 0.2) is 39.7 Å². The molecule has 0 saturated carbocycles. The van der Waals surface area contributed by atoms with Gasteiger partial charge in [0, 0.05) is 34.9 Å². The van der Waals surface area contributed by atoms with Gasteiger partial charge in [-0.25, -0.2) is 0 Å². The van der Waals surface area contributed by atoms with E-state index in [1.54, 1.807) is 12.5 Å². The van der Waals surface area contributed by atoms with E-state index in [0.717, 1.165) is 29.6 Å². The van der Waals surface area contributed by atoms with Gasteiger partial charge in [-0.1, -0.05) is 13.8 Å². The summed E-state index contributed by atoms with van der Waals surface area (Å²) in [4.78, 5) is 4.22. The standard InChI is InChI=1S/C15H19BrN2O/c1-3-15-13(5-6-19-15)14(18-4-2)8-11-7-12(16)10-17-9-11/h5-7,9-10,14,18H,3-4,8H2,1-2H3. The summed E-state index contributed by atoms with van der Waals surface area (Å²) in [6, 6.07) is 4.45. The Labute approximate surface area is 122 Å². The first-order valence-electron chi connectivity index (χ1n) is 6.63. The van der Waals surface area contributed by atoms with E-state index in [-0.39, 0.29) is 6.04 Å². The fourth-order valence-corrected chi connectivity index (χ4v) is 2.70. The number of pyridine rings is 1. The summed E-state index contributed by atoms with van der Waals surface area (Å²) in [5, 5.41) is 3.52. The lowest BCUT2D eigenvalue weighted by Crippen LogP contribution is -2.23. The van der Waals surface area contributed by atoms with E-state index in [2.05, 4.69) is 52.2 Å². The minimum absolute atomic E-state index is 0.273. The average molecular weight is 323 g/mol. The Morgan fingerprint density at radius 2 is 2.21 bits per heavy atom. The highest BCUT2D eigenvalue weighted by atomic mass is 79.9. The van der Waals surface area contributed by atoms with Crippen LogP contribution >= 0.6 is 15.9 Å². The number of likely N-dealkylation sites (N-methyl/N-ethyl adjacent to an activating group) is 1. The van der Waals surface area contributed by atoms with Crippen LogP contribution < -0.4 is 5.32 Å². The first-order chi connectivity index (χ1) is 9.24. The quantitative estimate of drug-likeness (QED) is 0.876. The SMILES string of the molecule is CCNC(Cc1cncc(Br)c1)c1ccoc1CC. The molecule has 0 saturated heterocycles. The Hall–Kier alpha value is -1.13. The topological polar surface area (TPSA) is 38.1 Å². The number of nitrogens with zero attached hydrogens (tertiary/aromatic N) is 1. The van der Waals surface area contributed by atoms with Gasteiger partial charge in [0.15, 0.2) is 0 Å². The highest BCUT2D eigenvalue weighted by Gasteiger charge is 2.17. The van der Waals surface area contributed by atoms with Crippen molar-refractivity contribution < 1.29 is 4.42 Å². The lowest BCUT2D eigenvalue weighted by Gasteiger charge is -2.18. The zero-order valence-corrected chi connectivity index (χ0v) is 12.9. The Balaban J connectivity index is 2.21. The molecule has 0 aliphatic rings. The van der Waals surface area contributed by atoms with Gasteiger partial charge in [0.2, 0.25) is 0 Å².